The van der Waals surface area contributed by atoms with Crippen molar-refractivity contribution < 1.29 is 0 Å². The minimum atomic E-state index is -1.04. The maximum absolute atomic E-state index is 5.26. The van der Waals surface area contributed by atoms with Crippen LogP contribution in [0.4, 0.5) is 0 Å². The highest BCUT2D eigenvalue weighted by atomic mass is 33.1. The van der Waals surface area contributed by atoms with Gasteiger partial charge in [0.1, 0.15) is 4.32 Å². The van der Waals surface area contributed by atoms with Gasteiger partial charge in [0.25, 0.3) is 0 Å². The summed E-state index contributed by atoms with van der Waals surface area (Å²) >= 11 is 8.84. The first-order valence-corrected chi connectivity index (χ1v) is 5.61. The lowest BCUT2D eigenvalue weighted by Crippen LogP contribution is -2.11. The number of hydrogen-bond acceptors (Lipinski definition) is 2. The Balaban J connectivity index is 3.79. The molecule has 0 heterocycles. The molecule has 0 saturated carbocycles. The van der Waals surface area contributed by atoms with Crippen molar-refractivity contribution in [2.45, 2.75) is 0 Å². The van der Waals surface area contributed by atoms with Crippen molar-refractivity contribution in [3.8, 4) is 0 Å². The van der Waals surface area contributed by atoms with Crippen molar-refractivity contribution in [1.29, 1.82) is 0 Å². The van der Waals surface area contributed by atoms with Gasteiger partial charge in [-0.3, -0.25) is 0 Å². The van der Waals surface area contributed by atoms with Crippen LogP contribution in [-0.2, 0) is 0 Å². The van der Waals surface area contributed by atoms with Crippen LogP contribution in [-0.4, -0.2) is 16.8 Å². The Labute approximate surface area is 55.8 Å². The molecule has 0 unspecified atom stereocenters. The van der Waals surface area contributed by atoms with E-state index in [0.717, 1.165) is 0 Å². The predicted octanol–water partition coefficient (Wildman–Crippen LogP) is 1.14. The van der Waals surface area contributed by atoms with Gasteiger partial charge in [-0.25, -0.2) is 0 Å². The van der Waals surface area contributed by atoms with E-state index in [-0.39, 0.29) is 0 Å². The zero-order chi connectivity index (χ0) is 6.08. The third-order valence-corrected chi connectivity index (χ3v) is 3.69. The van der Waals surface area contributed by atoms with E-state index in [0.29, 0.717) is 4.32 Å². The molecule has 0 aromatic heterocycles. The molecule has 0 radical (unpaired) electrons. The van der Waals surface area contributed by atoms with Crippen LogP contribution in [0.15, 0.2) is 0 Å². The van der Waals surface area contributed by atoms with Crippen molar-refractivity contribution in [2.75, 3.05) is 12.5 Å². The summed E-state index contributed by atoms with van der Waals surface area (Å²) in [6.07, 6.45) is 3.89. The molecule has 0 saturated heterocycles. The molecule has 4 heteroatoms. The summed E-state index contributed by atoms with van der Waals surface area (Å²) in [5, 5.41) is 0. The van der Waals surface area contributed by atoms with E-state index in [9.17, 15) is 0 Å². The highest BCUT2D eigenvalue weighted by Crippen LogP contribution is 2.44. The van der Waals surface area contributed by atoms with Gasteiger partial charge in [-0.05, 0) is 12.5 Å². The highest BCUT2D eigenvalue weighted by Gasteiger charge is 2.06. The summed E-state index contributed by atoms with van der Waals surface area (Å²) in [5.41, 5.74) is 5.26. The summed E-state index contributed by atoms with van der Waals surface area (Å²) in [5.74, 6) is 0. The number of nitrogens with two attached hydrogens (primary N) is 1. The second-order valence-corrected chi connectivity index (χ2v) is 8.01. The SMILES string of the molecule is CS(C)(S)C(N)=S. The number of rotatable bonds is 0. The molecule has 0 aliphatic rings. The van der Waals surface area contributed by atoms with Gasteiger partial charge in [0.15, 0.2) is 0 Å². The molecule has 1 nitrogen and oxygen atoms in total. The minimum absolute atomic E-state index is 0.524. The van der Waals surface area contributed by atoms with Gasteiger partial charge in [0.05, 0.1) is 0 Å². The quantitative estimate of drug-likeness (QED) is 0.312. The van der Waals surface area contributed by atoms with Crippen LogP contribution >= 0.6 is 32.9 Å². The van der Waals surface area contributed by atoms with Crippen molar-refractivity contribution >= 4 is 37.3 Å². The van der Waals surface area contributed by atoms with Crippen LogP contribution in [0.5, 0.6) is 0 Å². The molecule has 0 aliphatic heterocycles. The average molecular weight is 155 g/mol. The second kappa shape index (κ2) is 2.24. The van der Waals surface area contributed by atoms with Gasteiger partial charge in [0.2, 0.25) is 0 Å². The van der Waals surface area contributed by atoms with Crippen LogP contribution in [0.25, 0.3) is 0 Å². The van der Waals surface area contributed by atoms with E-state index in [1.807, 2.05) is 12.5 Å². The lowest BCUT2D eigenvalue weighted by Gasteiger charge is -2.20. The van der Waals surface area contributed by atoms with Crippen molar-refractivity contribution in [2.24, 2.45) is 5.73 Å². The molecule has 0 fully saturated rings. The Bertz CT molecular complexity index is 82.7. The van der Waals surface area contributed by atoms with E-state index in [4.69, 9.17) is 5.73 Å². The molecular formula is C3H9NS3. The first-order valence-electron chi connectivity index (χ1n) is 1.70. The van der Waals surface area contributed by atoms with Crippen LogP contribution in [0.3, 0.4) is 0 Å². The fourth-order valence-electron chi connectivity index (χ4n) is 0. The monoisotopic (exact) mass is 155 g/mol. The first kappa shape index (κ1) is 7.59. The van der Waals surface area contributed by atoms with E-state index >= 15 is 0 Å². The van der Waals surface area contributed by atoms with Gasteiger partial charge in [0, 0.05) is 0 Å². The Hall–Kier alpha value is 0.590. The van der Waals surface area contributed by atoms with E-state index in [1.165, 1.54) is 0 Å². The van der Waals surface area contributed by atoms with Crippen molar-refractivity contribution in [1.82, 2.24) is 0 Å². The molecule has 0 atom stereocenters. The summed E-state index contributed by atoms with van der Waals surface area (Å²) < 4.78 is 0.524. The van der Waals surface area contributed by atoms with Crippen LogP contribution in [0.1, 0.15) is 0 Å². The van der Waals surface area contributed by atoms with Crippen LogP contribution < -0.4 is 5.73 Å². The molecule has 0 amide bonds. The molecule has 44 valence electrons. The van der Waals surface area contributed by atoms with Gasteiger partial charge in [-0.15, -0.1) is 20.7 Å². The fraction of sp³-hybridized carbons (Fsp3) is 0.667. The Morgan fingerprint density at radius 3 is 1.86 bits per heavy atom. The zero-order valence-electron chi connectivity index (χ0n) is 4.34. The minimum Gasteiger partial charge on any atom is -0.385 e. The van der Waals surface area contributed by atoms with Crippen LogP contribution in [0, 0.1) is 0 Å². The van der Waals surface area contributed by atoms with E-state index < -0.39 is 9.06 Å². The third kappa shape index (κ3) is 3.20. The summed E-state index contributed by atoms with van der Waals surface area (Å²) in [6, 6.07) is 0. The molecule has 0 rings (SSSR count). The smallest absolute Gasteiger partial charge is 0.122 e. The first-order chi connectivity index (χ1) is 2.94. The molecule has 7 heavy (non-hydrogen) atoms. The van der Waals surface area contributed by atoms with Crippen molar-refractivity contribution in [3.63, 3.8) is 0 Å². The van der Waals surface area contributed by atoms with Gasteiger partial charge < -0.3 is 5.73 Å². The van der Waals surface area contributed by atoms with Gasteiger partial charge >= 0.3 is 0 Å². The van der Waals surface area contributed by atoms with E-state index in [1.54, 1.807) is 0 Å². The topological polar surface area (TPSA) is 26.0 Å². The lowest BCUT2D eigenvalue weighted by molar-refractivity contribution is 1.89. The predicted molar refractivity (Wildman–Crippen MR) is 45.2 cm³/mol. The van der Waals surface area contributed by atoms with Crippen LogP contribution in [0.2, 0.25) is 0 Å². The maximum atomic E-state index is 5.26. The van der Waals surface area contributed by atoms with Gasteiger partial charge in [-0.1, -0.05) is 12.2 Å². The largest absolute Gasteiger partial charge is 0.385 e. The van der Waals surface area contributed by atoms with Crippen molar-refractivity contribution in [3.05, 3.63) is 0 Å². The third-order valence-electron chi connectivity index (χ3n) is 0.492. The number of thiocarbonyl (C=S) groups is 1. The molecule has 2 N–H and O–H groups in total. The summed E-state index contributed by atoms with van der Waals surface area (Å²) in [7, 11) is -1.04. The maximum Gasteiger partial charge on any atom is 0.122 e. The molecule has 0 aliphatic carbocycles. The Kier molecular flexibility index (Phi) is 2.43. The van der Waals surface area contributed by atoms with E-state index in [2.05, 4.69) is 23.9 Å². The second-order valence-electron chi connectivity index (χ2n) is 1.59. The van der Waals surface area contributed by atoms with Gasteiger partial charge in [-0.2, -0.15) is 0 Å². The average Bonchev–Trinajstić information content (AvgIpc) is 1.31. The Morgan fingerprint density at radius 2 is 1.86 bits per heavy atom. The lowest BCUT2D eigenvalue weighted by atomic mass is 11.5. The number of hydrogen-bond donors (Lipinski definition) is 2. The number of thiol groups is 1. The molecule has 0 spiro atoms. The standard InChI is InChI=1S/C3H9NS3/c1-7(2,6)3(4)5/h6H,1-2H3,(H2,4,5). The Morgan fingerprint density at radius 1 is 1.71 bits per heavy atom. The highest BCUT2D eigenvalue weighted by molar-refractivity contribution is 8.95. The molecule has 0 bridgehead atoms. The normalized spacial score (nSPS) is 13.6. The molecule has 0 aromatic carbocycles. The summed E-state index contributed by atoms with van der Waals surface area (Å²) in [6.45, 7) is 0. The molecular weight excluding hydrogens is 146 g/mol. The molecule has 0 aromatic rings. The summed E-state index contributed by atoms with van der Waals surface area (Å²) in [4.78, 5) is 0. The fourth-order valence-corrected chi connectivity index (χ4v) is 0. The zero-order valence-corrected chi connectivity index (χ0v) is 6.87.